The van der Waals surface area contributed by atoms with Crippen molar-refractivity contribution in [1.82, 2.24) is 5.32 Å². The van der Waals surface area contributed by atoms with Crippen LogP contribution in [0.25, 0.3) is 0 Å². The van der Waals surface area contributed by atoms with Crippen molar-refractivity contribution in [2.45, 2.75) is 13.8 Å². The Kier molecular flexibility index (Phi) is 6.19. The Morgan fingerprint density at radius 1 is 1.36 bits per heavy atom. The predicted molar refractivity (Wildman–Crippen MR) is 53.1 cm³/mol. The Bertz CT molecular complexity index is 236. The molecule has 0 aromatic heterocycles. The van der Waals surface area contributed by atoms with Crippen LogP contribution in [-0.2, 0) is 14.3 Å². The number of rotatable bonds is 6. The van der Waals surface area contributed by atoms with Gasteiger partial charge in [-0.2, -0.15) is 0 Å². The van der Waals surface area contributed by atoms with Crippen molar-refractivity contribution in [2.75, 3.05) is 20.3 Å². The number of esters is 1. The molecule has 0 aromatic carbocycles. The molecule has 0 aromatic rings. The molecule has 0 unspecified atom stereocenters. The van der Waals surface area contributed by atoms with Crippen LogP contribution in [0.5, 0.6) is 0 Å². The van der Waals surface area contributed by atoms with Crippen LogP contribution in [-0.4, -0.2) is 32.4 Å². The van der Waals surface area contributed by atoms with Gasteiger partial charge in [-0.05, 0) is 13.8 Å². The lowest BCUT2D eigenvalue weighted by Crippen LogP contribution is -2.19. The van der Waals surface area contributed by atoms with Gasteiger partial charge >= 0.3 is 5.97 Å². The van der Waals surface area contributed by atoms with Crippen LogP contribution in [0.1, 0.15) is 13.8 Å². The molecule has 0 rings (SSSR count). The fourth-order valence-corrected chi connectivity index (χ4v) is 0.855. The number of hydrogen-bond acceptors (Lipinski definition) is 5. The molecule has 0 heterocycles. The third-order valence-corrected chi connectivity index (χ3v) is 1.40. The van der Waals surface area contributed by atoms with Gasteiger partial charge in [-0.15, -0.1) is 0 Å². The average Bonchev–Trinajstić information content (AvgIpc) is 2.18. The maximum Gasteiger partial charge on any atom is 0.345 e. The van der Waals surface area contributed by atoms with E-state index in [0.717, 1.165) is 6.21 Å². The molecule has 0 atom stereocenters. The van der Waals surface area contributed by atoms with E-state index in [4.69, 9.17) is 14.9 Å². The lowest BCUT2D eigenvalue weighted by molar-refractivity contribution is -0.138. The highest BCUT2D eigenvalue weighted by molar-refractivity contribution is 6.08. The van der Waals surface area contributed by atoms with E-state index < -0.39 is 5.97 Å². The topological polar surface area (TPSA) is 71.4 Å². The monoisotopic (exact) mass is 200 g/mol. The summed E-state index contributed by atoms with van der Waals surface area (Å²) >= 11 is 0. The van der Waals surface area contributed by atoms with Gasteiger partial charge in [-0.3, -0.25) is 0 Å². The summed E-state index contributed by atoms with van der Waals surface area (Å²) in [5, 5.41) is 9.78. The van der Waals surface area contributed by atoms with Gasteiger partial charge in [0.15, 0.2) is 0 Å². The summed E-state index contributed by atoms with van der Waals surface area (Å²) in [4.78, 5) is 11.3. The standard InChI is InChI=1S/C9H16N2O3/c1-4-13-8(11-3)7(6-10)9(12)14-5-2/h6,10-11H,4-5H2,1-3H3/b8-7-,10-6?. The minimum absolute atomic E-state index is 0.0937. The van der Waals surface area contributed by atoms with Crippen molar-refractivity contribution in [3.05, 3.63) is 11.5 Å². The van der Waals surface area contributed by atoms with Crippen LogP contribution in [0.15, 0.2) is 11.5 Å². The molecule has 0 saturated carbocycles. The molecular weight excluding hydrogens is 184 g/mol. The number of carbonyl (C=O) groups is 1. The molecule has 0 radical (unpaired) electrons. The SMILES string of the molecule is CCOC(=O)/C(C=N)=C(/NC)OCC. The second kappa shape index (κ2) is 6.94. The van der Waals surface area contributed by atoms with E-state index >= 15 is 0 Å². The summed E-state index contributed by atoms with van der Waals surface area (Å²) in [7, 11) is 1.62. The average molecular weight is 200 g/mol. The summed E-state index contributed by atoms with van der Waals surface area (Å²) in [6, 6.07) is 0. The summed E-state index contributed by atoms with van der Waals surface area (Å²) < 4.78 is 9.88. The molecule has 0 bridgehead atoms. The van der Waals surface area contributed by atoms with E-state index in [1.54, 1.807) is 20.9 Å². The fourth-order valence-electron chi connectivity index (χ4n) is 0.855. The minimum Gasteiger partial charge on any atom is -0.479 e. The van der Waals surface area contributed by atoms with Crippen molar-refractivity contribution in [3.8, 4) is 0 Å². The van der Waals surface area contributed by atoms with Crippen molar-refractivity contribution in [2.24, 2.45) is 0 Å². The Morgan fingerprint density at radius 3 is 2.29 bits per heavy atom. The molecule has 0 spiro atoms. The first kappa shape index (κ1) is 12.5. The number of ether oxygens (including phenoxy) is 2. The van der Waals surface area contributed by atoms with E-state index in [2.05, 4.69) is 5.32 Å². The zero-order valence-corrected chi connectivity index (χ0v) is 8.72. The van der Waals surface area contributed by atoms with Crippen LogP contribution in [0.3, 0.4) is 0 Å². The van der Waals surface area contributed by atoms with Crippen LogP contribution < -0.4 is 5.32 Å². The third-order valence-electron chi connectivity index (χ3n) is 1.40. The van der Waals surface area contributed by atoms with E-state index in [9.17, 15) is 4.79 Å². The zero-order chi connectivity index (χ0) is 11.0. The van der Waals surface area contributed by atoms with Crippen molar-refractivity contribution < 1.29 is 14.3 Å². The van der Waals surface area contributed by atoms with Crippen molar-refractivity contribution in [1.29, 1.82) is 5.41 Å². The summed E-state index contributed by atoms with van der Waals surface area (Å²) in [6.45, 7) is 4.20. The number of nitrogens with one attached hydrogen (secondary N) is 2. The van der Waals surface area contributed by atoms with Crippen molar-refractivity contribution in [3.63, 3.8) is 0 Å². The quantitative estimate of drug-likeness (QED) is 0.286. The van der Waals surface area contributed by atoms with Crippen LogP contribution in [0, 0.1) is 5.41 Å². The maximum atomic E-state index is 11.3. The fraction of sp³-hybridized carbons (Fsp3) is 0.556. The van der Waals surface area contributed by atoms with Crippen LogP contribution in [0.4, 0.5) is 0 Å². The molecule has 2 N–H and O–H groups in total. The summed E-state index contributed by atoms with van der Waals surface area (Å²) in [5.74, 6) is -0.291. The summed E-state index contributed by atoms with van der Waals surface area (Å²) in [5.41, 5.74) is 0.0937. The Hall–Kier alpha value is -1.52. The first-order chi connectivity index (χ1) is 6.71. The van der Waals surface area contributed by atoms with Gasteiger partial charge in [0.05, 0.1) is 13.2 Å². The van der Waals surface area contributed by atoms with Gasteiger partial charge in [-0.1, -0.05) is 0 Å². The predicted octanol–water partition coefficient (Wildman–Crippen LogP) is 0.667. The molecule has 5 nitrogen and oxygen atoms in total. The Labute approximate surface area is 83.6 Å². The molecule has 0 saturated heterocycles. The van der Waals surface area contributed by atoms with Gasteiger partial charge < -0.3 is 20.2 Å². The highest BCUT2D eigenvalue weighted by Gasteiger charge is 2.14. The highest BCUT2D eigenvalue weighted by atomic mass is 16.5. The molecule has 0 aliphatic carbocycles. The molecule has 14 heavy (non-hydrogen) atoms. The molecule has 0 aliphatic heterocycles. The van der Waals surface area contributed by atoms with E-state index in [0.29, 0.717) is 6.61 Å². The maximum absolute atomic E-state index is 11.3. The van der Waals surface area contributed by atoms with Gasteiger partial charge in [0.25, 0.3) is 0 Å². The Balaban J connectivity index is 4.77. The lowest BCUT2D eigenvalue weighted by atomic mass is 10.3. The lowest BCUT2D eigenvalue weighted by Gasteiger charge is -2.10. The van der Waals surface area contributed by atoms with Crippen LogP contribution >= 0.6 is 0 Å². The second-order valence-corrected chi connectivity index (χ2v) is 2.29. The third kappa shape index (κ3) is 3.47. The first-order valence-corrected chi connectivity index (χ1v) is 4.43. The Morgan fingerprint density at radius 2 is 1.93 bits per heavy atom. The number of hydrogen-bond donors (Lipinski definition) is 2. The highest BCUT2D eigenvalue weighted by Crippen LogP contribution is 2.03. The normalized spacial score (nSPS) is 11.4. The largest absolute Gasteiger partial charge is 0.479 e. The van der Waals surface area contributed by atoms with E-state index in [-0.39, 0.29) is 18.1 Å². The molecule has 80 valence electrons. The van der Waals surface area contributed by atoms with Gasteiger partial charge in [0.1, 0.15) is 5.57 Å². The van der Waals surface area contributed by atoms with Gasteiger partial charge in [0, 0.05) is 13.3 Å². The van der Waals surface area contributed by atoms with Crippen LogP contribution in [0.2, 0.25) is 0 Å². The first-order valence-electron chi connectivity index (χ1n) is 4.43. The van der Waals surface area contributed by atoms with Gasteiger partial charge in [0.2, 0.25) is 5.88 Å². The molecule has 0 fully saturated rings. The van der Waals surface area contributed by atoms with Crippen molar-refractivity contribution >= 4 is 12.2 Å². The second-order valence-electron chi connectivity index (χ2n) is 2.29. The smallest absolute Gasteiger partial charge is 0.345 e. The number of carbonyl (C=O) groups excluding carboxylic acids is 1. The molecule has 0 amide bonds. The zero-order valence-electron chi connectivity index (χ0n) is 8.72. The molecule has 0 aliphatic rings. The molecular formula is C9H16N2O3. The van der Waals surface area contributed by atoms with E-state index in [1.807, 2.05) is 0 Å². The minimum atomic E-state index is -0.555. The van der Waals surface area contributed by atoms with Gasteiger partial charge in [-0.25, -0.2) is 4.79 Å². The summed E-state index contributed by atoms with van der Waals surface area (Å²) in [6.07, 6.45) is 0.916. The molecule has 5 heteroatoms. The van der Waals surface area contributed by atoms with E-state index in [1.165, 1.54) is 0 Å².